The number of aliphatic hydroxyl groups is 1. The highest BCUT2D eigenvalue weighted by molar-refractivity contribution is 6.05. The molecule has 33 heavy (non-hydrogen) atoms. The molecule has 172 valence electrons. The van der Waals surface area contributed by atoms with E-state index in [0.29, 0.717) is 22.3 Å². The highest BCUT2D eigenvalue weighted by Crippen LogP contribution is 2.34. The number of hydrogen-bond acceptors (Lipinski definition) is 5. The van der Waals surface area contributed by atoms with Crippen LogP contribution in [0, 0.1) is 13.8 Å². The van der Waals surface area contributed by atoms with Gasteiger partial charge in [-0.05, 0) is 60.9 Å². The largest absolute Gasteiger partial charge is 0.465 e. The van der Waals surface area contributed by atoms with Crippen LogP contribution in [0.4, 0.5) is 18.9 Å². The van der Waals surface area contributed by atoms with Gasteiger partial charge in [-0.2, -0.15) is 13.2 Å². The average molecular weight is 458 g/mol. The number of benzene rings is 2. The molecule has 0 aliphatic carbocycles. The van der Waals surface area contributed by atoms with Crippen molar-refractivity contribution in [3.8, 4) is 11.3 Å². The molecule has 0 fully saturated rings. The van der Waals surface area contributed by atoms with Crippen LogP contribution in [0.5, 0.6) is 0 Å². The number of halogens is 3. The molecular formula is C24H21F3N2O4. The van der Waals surface area contributed by atoms with Gasteiger partial charge >= 0.3 is 12.1 Å². The molecule has 0 saturated heterocycles. The van der Waals surface area contributed by atoms with E-state index in [9.17, 15) is 27.9 Å². The molecule has 2 N–H and O–H groups in total. The zero-order valence-electron chi connectivity index (χ0n) is 18.1. The third kappa shape index (κ3) is 5.20. The molecule has 0 aliphatic rings. The number of rotatable bonds is 5. The summed E-state index contributed by atoms with van der Waals surface area (Å²) in [7, 11) is 1.23. The van der Waals surface area contributed by atoms with Gasteiger partial charge in [0.2, 0.25) is 0 Å². The van der Waals surface area contributed by atoms with E-state index in [1.165, 1.54) is 25.3 Å². The Morgan fingerprint density at radius 3 is 2.30 bits per heavy atom. The number of aromatic nitrogens is 1. The first-order valence-corrected chi connectivity index (χ1v) is 9.84. The molecule has 0 spiro atoms. The first-order valence-electron chi connectivity index (χ1n) is 9.84. The van der Waals surface area contributed by atoms with Gasteiger partial charge in [-0.25, -0.2) is 9.78 Å². The second-order valence-corrected chi connectivity index (χ2v) is 7.38. The van der Waals surface area contributed by atoms with Crippen LogP contribution in [0.2, 0.25) is 0 Å². The number of anilines is 1. The van der Waals surface area contributed by atoms with Gasteiger partial charge in [0.15, 0.2) is 0 Å². The Balaban J connectivity index is 2.05. The maximum absolute atomic E-state index is 13.6. The molecule has 2 aromatic carbocycles. The molecule has 0 aliphatic heterocycles. The lowest BCUT2D eigenvalue weighted by Crippen LogP contribution is -2.22. The summed E-state index contributed by atoms with van der Waals surface area (Å²) in [4.78, 5) is 28.8. The van der Waals surface area contributed by atoms with Crippen LogP contribution in [-0.2, 0) is 17.5 Å². The number of carbonyl (C=O) groups excluding carboxylic acids is 2. The average Bonchev–Trinajstić information content (AvgIpc) is 2.79. The van der Waals surface area contributed by atoms with E-state index in [0.717, 1.165) is 6.07 Å². The fourth-order valence-corrected chi connectivity index (χ4v) is 3.42. The van der Waals surface area contributed by atoms with E-state index < -0.39 is 29.3 Å². The number of methoxy groups -OCH3 is 1. The van der Waals surface area contributed by atoms with E-state index in [4.69, 9.17) is 0 Å². The molecule has 0 radical (unpaired) electrons. The number of aryl methyl sites for hydroxylation is 2. The molecule has 0 bridgehead atoms. The molecule has 0 saturated carbocycles. The summed E-state index contributed by atoms with van der Waals surface area (Å²) in [6.45, 7) is 2.98. The molecule has 6 nitrogen and oxygen atoms in total. The number of ether oxygens (including phenoxy) is 1. The fraction of sp³-hybridized carbons (Fsp3) is 0.208. The van der Waals surface area contributed by atoms with E-state index in [2.05, 4.69) is 15.0 Å². The Hall–Kier alpha value is -3.72. The summed E-state index contributed by atoms with van der Waals surface area (Å²) in [6, 6.07) is 11.4. The van der Waals surface area contributed by atoms with Gasteiger partial charge in [-0.3, -0.25) is 4.79 Å². The van der Waals surface area contributed by atoms with Gasteiger partial charge in [-0.15, -0.1) is 0 Å². The lowest BCUT2D eigenvalue weighted by molar-refractivity contribution is -0.138. The SMILES string of the molecule is COC(=O)c1cc(C)c(NC(=O)c2nc(-c3cccc(CO)c3)ccc2C(F)(F)F)c(C)c1. The van der Waals surface area contributed by atoms with Crippen LogP contribution in [-0.4, -0.2) is 29.1 Å². The van der Waals surface area contributed by atoms with Crippen molar-refractivity contribution >= 4 is 17.6 Å². The van der Waals surface area contributed by atoms with Crippen molar-refractivity contribution in [2.45, 2.75) is 26.6 Å². The Morgan fingerprint density at radius 1 is 1.06 bits per heavy atom. The Labute approximate surface area is 188 Å². The highest BCUT2D eigenvalue weighted by Gasteiger charge is 2.36. The number of carbonyl (C=O) groups is 2. The van der Waals surface area contributed by atoms with Crippen molar-refractivity contribution in [3.05, 3.63) is 82.0 Å². The smallest absolute Gasteiger partial charge is 0.418 e. The zero-order valence-corrected chi connectivity index (χ0v) is 18.1. The molecule has 9 heteroatoms. The van der Waals surface area contributed by atoms with Crippen molar-refractivity contribution in [3.63, 3.8) is 0 Å². The van der Waals surface area contributed by atoms with E-state index in [1.54, 1.807) is 38.1 Å². The van der Waals surface area contributed by atoms with Crippen molar-refractivity contribution in [2.24, 2.45) is 0 Å². The fourth-order valence-electron chi connectivity index (χ4n) is 3.42. The molecule has 1 heterocycles. The number of nitrogens with zero attached hydrogens (tertiary/aromatic N) is 1. The number of esters is 1. The number of amides is 1. The standard InChI is InChI=1S/C24H21F3N2O4/c1-13-9-17(23(32)33-3)10-14(2)20(13)29-22(31)21-18(24(25,26)27)7-8-19(28-21)16-6-4-5-15(11-16)12-30/h4-11,30H,12H2,1-3H3,(H,29,31). The first-order chi connectivity index (χ1) is 15.5. The molecule has 3 aromatic rings. The number of alkyl halides is 3. The predicted octanol–water partition coefficient (Wildman–Crippen LogP) is 4.92. The van der Waals surface area contributed by atoms with Gasteiger partial charge in [-0.1, -0.05) is 18.2 Å². The summed E-state index contributed by atoms with van der Waals surface area (Å²) in [6.07, 6.45) is -4.80. The first kappa shape index (κ1) is 23.9. The molecule has 1 aromatic heterocycles. The third-order valence-electron chi connectivity index (χ3n) is 5.01. The highest BCUT2D eigenvalue weighted by atomic mass is 19.4. The van der Waals surface area contributed by atoms with Crippen LogP contribution in [0.3, 0.4) is 0 Å². The summed E-state index contributed by atoms with van der Waals surface area (Å²) < 4.78 is 45.6. The van der Waals surface area contributed by atoms with E-state index in [1.807, 2.05) is 0 Å². The van der Waals surface area contributed by atoms with Gasteiger partial charge in [0.05, 0.1) is 30.5 Å². The summed E-state index contributed by atoms with van der Waals surface area (Å²) in [5.74, 6) is -1.61. The van der Waals surface area contributed by atoms with E-state index >= 15 is 0 Å². The Kier molecular flexibility index (Phi) is 6.83. The van der Waals surface area contributed by atoms with Gasteiger partial charge in [0.1, 0.15) is 5.69 Å². The van der Waals surface area contributed by atoms with Crippen LogP contribution in [0.1, 0.15) is 43.1 Å². The van der Waals surface area contributed by atoms with Crippen molar-refractivity contribution < 1.29 is 32.6 Å². The summed E-state index contributed by atoms with van der Waals surface area (Å²) in [5.41, 5.74) is 0.678. The molecule has 1 amide bonds. The monoisotopic (exact) mass is 458 g/mol. The second-order valence-electron chi connectivity index (χ2n) is 7.38. The lowest BCUT2D eigenvalue weighted by Gasteiger charge is -2.16. The van der Waals surface area contributed by atoms with Gasteiger partial charge < -0.3 is 15.2 Å². The van der Waals surface area contributed by atoms with Crippen molar-refractivity contribution in [2.75, 3.05) is 12.4 Å². The number of hydrogen-bond donors (Lipinski definition) is 2. The Bertz CT molecular complexity index is 1200. The number of pyridine rings is 1. The molecule has 3 rings (SSSR count). The van der Waals surface area contributed by atoms with Crippen LogP contribution >= 0.6 is 0 Å². The van der Waals surface area contributed by atoms with Gasteiger partial charge in [0.25, 0.3) is 5.91 Å². The summed E-state index contributed by atoms with van der Waals surface area (Å²) >= 11 is 0. The third-order valence-corrected chi connectivity index (χ3v) is 5.01. The molecule has 0 unspecified atom stereocenters. The van der Waals surface area contributed by atoms with Crippen LogP contribution < -0.4 is 5.32 Å². The Morgan fingerprint density at radius 2 is 1.73 bits per heavy atom. The van der Waals surface area contributed by atoms with Crippen LogP contribution in [0.25, 0.3) is 11.3 Å². The van der Waals surface area contributed by atoms with Crippen LogP contribution in [0.15, 0.2) is 48.5 Å². The number of aliphatic hydroxyl groups excluding tert-OH is 1. The predicted molar refractivity (Wildman–Crippen MR) is 116 cm³/mol. The second kappa shape index (κ2) is 9.41. The summed E-state index contributed by atoms with van der Waals surface area (Å²) in [5, 5.41) is 11.8. The maximum Gasteiger partial charge on any atom is 0.418 e. The van der Waals surface area contributed by atoms with Crippen molar-refractivity contribution in [1.29, 1.82) is 0 Å². The quantitative estimate of drug-likeness (QED) is 0.530. The zero-order chi connectivity index (χ0) is 24.3. The lowest BCUT2D eigenvalue weighted by atomic mass is 10.0. The van der Waals surface area contributed by atoms with Gasteiger partial charge in [0, 0.05) is 11.3 Å². The minimum atomic E-state index is -4.80. The number of nitrogens with one attached hydrogen (secondary N) is 1. The van der Waals surface area contributed by atoms with Crippen molar-refractivity contribution in [1.82, 2.24) is 4.98 Å². The maximum atomic E-state index is 13.6. The normalized spacial score (nSPS) is 11.2. The molecule has 0 atom stereocenters. The topological polar surface area (TPSA) is 88.5 Å². The van der Waals surface area contributed by atoms with E-state index in [-0.39, 0.29) is 23.6 Å². The minimum Gasteiger partial charge on any atom is -0.465 e. The minimum absolute atomic E-state index is 0.151. The molecular weight excluding hydrogens is 437 g/mol.